The molecule has 1 aliphatic rings. The van der Waals surface area contributed by atoms with Gasteiger partial charge in [-0.25, -0.2) is 4.79 Å². The summed E-state index contributed by atoms with van der Waals surface area (Å²) in [5.74, 6) is -0.184. The van der Waals surface area contributed by atoms with E-state index in [1.54, 1.807) is 4.90 Å². The summed E-state index contributed by atoms with van der Waals surface area (Å²) in [7, 11) is 1.45. The summed E-state index contributed by atoms with van der Waals surface area (Å²) < 4.78 is 0. The second-order valence-electron chi connectivity index (χ2n) is 4.53. The molecule has 0 aromatic heterocycles. The monoisotopic (exact) mass is 229 g/mol. The summed E-state index contributed by atoms with van der Waals surface area (Å²) in [6, 6.07) is -0.510. The van der Waals surface area contributed by atoms with Crippen LogP contribution in [0.3, 0.4) is 0 Å². The van der Waals surface area contributed by atoms with Crippen molar-refractivity contribution in [3.05, 3.63) is 0 Å². The van der Waals surface area contributed by atoms with Crippen molar-refractivity contribution in [3.63, 3.8) is 0 Å². The molecule has 0 radical (unpaired) electrons. The largest absolute Gasteiger partial charge is 0.387 e. The van der Waals surface area contributed by atoms with E-state index in [2.05, 4.69) is 10.6 Å². The zero-order valence-electron chi connectivity index (χ0n) is 9.91. The topological polar surface area (TPSA) is 81.7 Å². The Morgan fingerprint density at radius 3 is 2.44 bits per heavy atom. The Labute approximate surface area is 95.0 Å². The standard InChI is InChI=1S/C10H19N3O3/c1-7(2)10(16)5-13(6-10)4-8(14)12-9(15)11-3/h7,16H,4-6H2,1-3H3,(H2,11,12,14,15). The molecule has 1 aliphatic heterocycles. The second-order valence-corrected chi connectivity index (χ2v) is 4.53. The van der Waals surface area contributed by atoms with Gasteiger partial charge in [0.15, 0.2) is 0 Å². The van der Waals surface area contributed by atoms with Crippen molar-refractivity contribution in [1.82, 2.24) is 15.5 Å². The number of rotatable bonds is 3. The van der Waals surface area contributed by atoms with Crippen LogP contribution in [-0.4, -0.2) is 54.2 Å². The molecule has 3 N–H and O–H groups in total. The summed E-state index contributed by atoms with van der Waals surface area (Å²) in [6.07, 6.45) is 0. The van der Waals surface area contributed by atoms with Crippen molar-refractivity contribution in [2.45, 2.75) is 19.4 Å². The van der Waals surface area contributed by atoms with Crippen molar-refractivity contribution in [2.24, 2.45) is 5.92 Å². The fourth-order valence-corrected chi connectivity index (χ4v) is 1.64. The third-order valence-corrected chi connectivity index (χ3v) is 2.92. The zero-order chi connectivity index (χ0) is 12.3. The minimum Gasteiger partial charge on any atom is -0.387 e. The maximum atomic E-state index is 11.3. The molecule has 0 aliphatic carbocycles. The van der Waals surface area contributed by atoms with E-state index >= 15 is 0 Å². The molecule has 1 rings (SSSR count). The van der Waals surface area contributed by atoms with Crippen LogP contribution in [0.1, 0.15) is 13.8 Å². The first kappa shape index (κ1) is 12.9. The molecule has 6 heteroatoms. The third-order valence-electron chi connectivity index (χ3n) is 2.92. The minimum absolute atomic E-state index is 0.141. The normalized spacial score (nSPS) is 19.1. The number of imide groups is 1. The Morgan fingerprint density at radius 1 is 1.44 bits per heavy atom. The van der Waals surface area contributed by atoms with Gasteiger partial charge < -0.3 is 10.4 Å². The molecule has 0 saturated carbocycles. The van der Waals surface area contributed by atoms with Crippen LogP contribution in [0.25, 0.3) is 0 Å². The number of hydrogen-bond donors (Lipinski definition) is 3. The van der Waals surface area contributed by atoms with E-state index in [1.165, 1.54) is 7.05 Å². The zero-order valence-corrected chi connectivity index (χ0v) is 9.91. The number of carbonyl (C=O) groups is 2. The predicted octanol–water partition coefficient (Wildman–Crippen LogP) is -0.855. The van der Waals surface area contributed by atoms with Crippen molar-refractivity contribution >= 4 is 11.9 Å². The Kier molecular flexibility index (Phi) is 3.88. The highest BCUT2D eigenvalue weighted by molar-refractivity contribution is 5.95. The van der Waals surface area contributed by atoms with E-state index in [1.807, 2.05) is 13.8 Å². The van der Waals surface area contributed by atoms with Gasteiger partial charge in [-0.15, -0.1) is 0 Å². The number of likely N-dealkylation sites (tertiary alicyclic amines) is 1. The SMILES string of the molecule is CNC(=O)NC(=O)CN1CC(O)(C(C)C)C1. The summed E-state index contributed by atoms with van der Waals surface area (Å²) in [5.41, 5.74) is -0.687. The lowest BCUT2D eigenvalue weighted by molar-refractivity contribution is -0.141. The van der Waals surface area contributed by atoms with Crippen molar-refractivity contribution in [2.75, 3.05) is 26.7 Å². The number of urea groups is 1. The van der Waals surface area contributed by atoms with Crippen LogP contribution in [-0.2, 0) is 4.79 Å². The highest BCUT2D eigenvalue weighted by Gasteiger charge is 2.43. The van der Waals surface area contributed by atoms with Crippen molar-refractivity contribution < 1.29 is 14.7 Å². The molecule has 0 unspecified atom stereocenters. The lowest BCUT2D eigenvalue weighted by atomic mass is 9.83. The fourth-order valence-electron chi connectivity index (χ4n) is 1.64. The Balaban J connectivity index is 2.27. The van der Waals surface area contributed by atoms with Gasteiger partial charge in [0.25, 0.3) is 0 Å². The summed E-state index contributed by atoms with van der Waals surface area (Å²) >= 11 is 0. The molecule has 0 aromatic carbocycles. The van der Waals surface area contributed by atoms with Crippen LogP contribution in [0.5, 0.6) is 0 Å². The van der Waals surface area contributed by atoms with E-state index in [0.29, 0.717) is 13.1 Å². The molecule has 6 nitrogen and oxygen atoms in total. The molecule has 1 saturated heterocycles. The van der Waals surface area contributed by atoms with Crippen LogP contribution in [0.2, 0.25) is 0 Å². The number of amides is 3. The molecule has 3 amide bonds. The van der Waals surface area contributed by atoms with E-state index in [0.717, 1.165) is 0 Å². The maximum Gasteiger partial charge on any atom is 0.321 e. The first-order valence-electron chi connectivity index (χ1n) is 5.33. The number of aliphatic hydroxyl groups is 1. The number of nitrogens with zero attached hydrogens (tertiary/aromatic N) is 1. The molecule has 1 fully saturated rings. The van der Waals surface area contributed by atoms with E-state index in [9.17, 15) is 14.7 Å². The third kappa shape index (κ3) is 2.93. The molecule has 0 aromatic rings. The molecule has 0 bridgehead atoms. The minimum atomic E-state index is -0.687. The highest BCUT2D eigenvalue weighted by Crippen LogP contribution is 2.27. The summed E-state index contributed by atoms with van der Waals surface area (Å²) in [4.78, 5) is 23.9. The molecular formula is C10H19N3O3. The van der Waals surface area contributed by atoms with E-state index in [4.69, 9.17) is 0 Å². The quantitative estimate of drug-likeness (QED) is 0.588. The summed E-state index contributed by atoms with van der Waals surface area (Å²) in [5, 5.41) is 14.4. The smallest absolute Gasteiger partial charge is 0.321 e. The molecule has 0 spiro atoms. The maximum absolute atomic E-state index is 11.3. The molecule has 16 heavy (non-hydrogen) atoms. The van der Waals surface area contributed by atoms with Crippen molar-refractivity contribution in [1.29, 1.82) is 0 Å². The molecule has 0 atom stereocenters. The lowest BCUT2D eigenvalue weighted by Crippen LogP contribution is -2.66. The van der Waals surface area contributed by atoms with Gasteiger partial charge in [0.1, 0.15) is 0 Å². The van der Waals surface area contributed by atoms with E-state index in [-0.39, 0.29) is 18.4 Å². The summed E-state index contributed by atoms with van der Waals surface area (Å²) in [6.45, 7) is 4.99. The van der Waals surface area contributed by atoms with Gasteiger partial charge in [-0.3, -0.25) is 15.0 Å². The predicted molar refractivity (Wildman–Crippen MR) is 58.8 cm³/mol. The number of hydrogen-bond acceptors (Lipinski definition) is 4. The first-order valence-corrected chi connectivity index (χ1v) is 5.33. The van der Waals surface area contributed by atoms with Crippen LogP contribution < -0.4 is 10.6 Å². The second kappa shape index (κ2) is 4.80. The van der Waals surface area contributed by atoms with Gasteiger partial charge >= 0.3 is 6.03 Å². The average molecular weight is 229 g/mol. The first-order chi connectivity index (χ1) is 7.37. The molecular weight excluding hydrogens is 210 g/mol. The van der Waals surface area contributed by atoms with Gasteiger partial charge in [-0.1, -0.05) is 13.8 Å². The van der Waals surface area contributed by atoms with Crippen LogP contribution in [0.15, 0.2) is 0 Å². The van der Waals surface area contributed by atoms with Gasteiger partial charge in [0.05, 0.1) is 12.1 Å². The van der Waals surface area contributed by atoms with Crippen LogP contribution in [0.4, 0.5) is 4.79 Å². The van der Waals surface area contributed by atoms with Crippen molar-refractivity contribution in [3.8, 4) is 0 Å². The Morgan fingerprint density at radius 2 is 2.00 bits per heavy atom. The van der Waals surface area contributed by atoms with Gasteiger partial charge in [-0.2, -0.15) is 0 Å². The van der Waals surface area contributed by atoms with Gasteiger partial charge in [0, 0.05) is 20.1 Å². The van der Waals surface area contributed by atoms with Gasteiger partial charge in [-0.05, 0) is 5.92 Å². The molecule has 92 valence electrons. The highest BCUT2D eigenvalue weighted by atomic mass is 16.3. The molecule has 1 heterocycles. The number of carbonyl (C=O) groups excluding carboxylic acids is 2. The lowest BCUT2D eigenvalue weighted by Gasteiger charge is -2.48. The Bertz CT molecular complexity index is 285. The Hall–Kier alpha value is -1.14. The average Bonchev–Trinajstić information content (AvgIpc) is 2.14. The van der Waals surface area contributed by atoms with Crippen LogP contribution in [0, 0.1) is 5.92 Å². The van der Waals surface area contributed by atoms with Gasteiger partial charge in [0.2, 0.25) is 5.91 Å². The number of nitrogens with one attached hydrogen (secondary N) is 2. The van der Waals surface area contributed by atoms with Crippen LogP contribution >= 0.6 is 0 Å². The van der Waals surface area contributed by atoms with E-state index < -0.39 is 11.6 Å². The number of β-amino-alcohol motifs (C(OH)–C–C–N with tert-alkyl or cyclic N) is 1. The fraction of sp³-hybridized carbons (Fsp3) is 0.800.